The molecule has 0 aromatic heterocycles. The highest BCUT2D eigenvalue weighted by atomic mass is 35.5. The van der Waals surface area contributed by atoms with E-state index in [9.17, 15) is 4.79 Å². The van der Waals surface area contributed by atoms with E-state index in [1.165, 1.54) is 0 Å². The summed E-state index contributed by atoms with van der Waals surface area (Å²) in [5.41, 5.74) is 8.75. The van der Waals surface area contributed by atoms with Gasteiger partial charge >= 0.3 is 5.97 Å². The van der Waals surface area contributed by atoms with Crippen molar-refractivity contribution >= 4 is 28.9 Å². The third-order valence-corrected chi connectivity index (χ3v) is 4.17. The standard InChI is InChI=1S/C15H21ClN2O2/c1-3-20-15(19)11-4-6-18(7-5-11)14-9-12(16)10(2)8-13(14)17/h8-9,11H,3-7,17H2,1-2H3. The molecule has 110 valence electrons. The Morgan fingerprint density at radius 1 is 1.45 bits per heavy atom. The topological polar surface area (TPSA) is 55.6 Å². The van der Waals surface area contributed by atoms with Crippen LogP contribution < -0.4 is 10.6 Å². The Kier molecular flexibility index (Phi) is 4.76. The van der Waals surface area contributed by atoms with Crippen molar-refractivity contribution < 1.29 is 9.53 Å². The SMILES string of the molecule is CCOC(=O)C1CCN(c2cc(Cl)c(C)cc2N)CC1. The third-order valence-electron chi connectivity index (χ3n) is 3.76. The Morgan fingerprint density at radius 3 is 2.70 bits per heavy atom. The first-order chi connectivity index (χ1) is 9.52. The van der Waals surface area contributed by atoms with Crippen molar-refractivity contribution in [3.8, 4) is 0 Å². The number of esters is 1. The number of nitrogens with two attached hydrogens (primary N) is 1. The predicted molar refractivity (Wildman–Crippen MR) is 82.2 cm³/mol. The number of hydrogen-bond donors (Lipinski definition) is 1. The second-order valence-electron chi connectivity index (χ2n) is 5.17. The van der Waals surface area contributed by atoms with E-state index < -0.39 is 0 Å². The maximum Gasteiger partial charge on any atom is 0.309 e. The van der Waals surface area contributed by atoms with Gasteiger partial charge in [-0.3, -0.25) is 4.79 Å². The molecule has 4 nitrogen and oxygen atoms in total. The fourth-order valence-corrected chi connectivity index (χ4v) is 2.74. The average molecular weight is 297 g/mol. The van der Waals surface area contributed by atoms with Gasteiger partial charge < -0.3 is 15.4 Å². The first kappa shape index (κ1) is 15.0. The summed E-state index contributed by atoms with van der Waals surface area (Å²) in [6.07, 6.45) is 1.59. The third kappa shape index (κ3) is 3.18. The van der Waals surface area contributed by atoms with Gasteiger partial charge in [0.05, 0.1) is 23.9 Å². The molecule has 20 heavy (non-hydrogen) atoms. The van der Waals surface area contributed by atoms with Gasteiger partial charge in [0.2, 0.25) is 0 Å². The second-order valence-corrected chi connectivity index (χ2v) is 5.58. The lowest BCUT2D eigenvalue weighted by Gasteiger charge is -2.33. The Labute approximate surface area is 124 Å². The van der Waals surface area contributed by atoms with E-state index in [0.29, 0.717) is 6.61 Å². The molecular weight excluding hydrogens is 276 g/mol. The maximum atomic E-state index is 11.7. The monoisotopic (exact) mass is 296 g/mol. The smallest absolute Gasteiger partial charge is 0.309 e. The molecule has 2 rings (SSSR count). The number of anilines is 2. The maximum absolute atomic E-state index is 11.7. The van der Waals surface area contributed by atoms with Crippen LogP contribution in [0, 0.1) is 12.8 Å². The molecule has 1 heterocycles. The van der Waals surface area contributed by atoms with E-state index in [2.05, 4.69) is 4.90 Å². The largest absolute Gasteiger partial charge is 0.466 e. The van der Waals surface area contributed by atoms with Crippen LogP contribution in [-0.4, -0.2) is 25.7 Å². The van der Waals surface area contributed by atoms with Crippen molar-refractivity contribution in [2.75, 3.05) is 30.3 Å². The van der Waals surface area contributed by atoms with Crippen LogP contribution >= 0.6 is 11.6 Å². The van der Waals surface area contributed by atoms with Crippen LogP contribution in [0.2, 0.25) is 5.02 Å². The minimum atomic E-state index is -0.0814. The van der Waals surface area contributed by atoms with Crippen molar-refractivity contribution in [2.45, 2.75) is 26.7 Å². The lowest BCUT2D eigenvalue weighted by molar-refractivity contribution is -0.148. The highest BCUT2D eigenvalue weighted by Crippen LogP contribution is 2.32. The van der Waals surface area contributed by atoms with Crippen LogP contribution in [-0.2, 0) is 9.53 Å². The number of benzene rings is 1. The summed E-state index contributed by atoms with van der Waals surface area (Å²) in [5, 5.41) is 0.724. The van der Waals surface area contributed by atoms with Crippen molar-refractivity contribution in [3.05, 3.63) is 22.7 Å². The normalized spacial score (nSPS) is 16.2. The summed E-state index contributed by atoms with van der Waals surface area (Å²) < 4.78 is 5.08. The van der Waals surface area contributed by atoms with Gasteiger partial charge in [-0.15, -0.1) is 0 Å². The summed E-state index contributed by atoms with van der Waals surface area (Å²) >= 11 is 6.17. The summed E-state index contributed by atoms with van der Waals surface area (Å²) in [5.74, 6) is -0.0737. The van der Waals surface area contributed by atoms with Crippen LogP contribution in [0.25, 0.3) is 0 Å². The van der Waals surface area contributed by atoms with E-state index in [1.807, 2.05) is 26.0 Å². The van der Waals surface area contributed by atoms with Crippen molar-refractivity contribution in [2.24, 2.45) is 5.92 Å². The van der Waals surface area contributed by atoms with Gasteiger partial charge in [0, 0.05) is 18.1 Å². The number of nitrogens with zero attached hydrogens (tertiary/aromatic N) is 1. The number of halogens is 1. The van der Waals surface area contributed by atoms with E-state index >= 15 is 0 Å². The van der Waals surface area contributed by atoms with Gasteiger partial charge in [0.25, 0.3) is 0 Å². The summed E-state index contributed by atoms with van der Waals surface area (Å²) in [6, 6.07) is 3.81. The number of nitrogen functional groups attached to an aromatic ring is 1. The molecule has 0 bridgehead atoms. The van der Waals surface area contributed by atoms with Crippen LogP contribution in [0.4, 0.5) is 11.4 Å². The molecule has 0 saturated carbocycles. The van der Waals surface area contributed by atoms with Crippen molar-refractivity contribution in [1.82, 2.24) is 0 Å². The minimum absolute atomic E-state index is 0.00773. The number of carbonyl (C=O) groups is 1. The molecular formula is C15H21ClN2O2. The number of aryl methyl sites for hydroxylation is 1. The van der Waals surface area contributed by atoms with E-state index in [4.69, 9.17) is 22.1 Å². The molecule has 1 saturated heterocycles. The first-order valence-corrected chi connectivity index (χ1v) is 7.38. The van der Waals surface area contributed by atoms with Gasteiger partial charge in [-0.05, 0) is 44.4 Å². The lowest BCUT2D eigenvalue weighted by atomic mass is 9.96. The van der Waals surface area contributed by atoms with Gasteiger partial charge in [-0.25, -0.2) is 0 Å². The highest BCUT2D eigenvalue weighted by Gasteiger charge is 2.26. The molecule has 2 N–H and O–H groups in total. The predicted octanol–water partition coefficient (Wildman–Crippen LogP) is 3.01. The van der Waals surface area contributed by atoms with E-state index in [0.717, 1.165) is 47.9 Å². The molecule has 0 aliphatic carbocycles. The Morgan fingerprint density at radius 2 is 2.10 bits per heavy atom. The number of hydrogen-bond acceptors (Lipinski definition) is 4. The van der Waals surface area contributed by atoms with Crippen LogP contribution in [0.15, 0.2) is 12.1 Å². The zero-order chi connectivity index (χ0) is 14.7. The Bertz CT molecular complexity index is 497. The second kappa shape index (κ2) is 6.35. The van der Waals surface area contributed by atoms with E-state index in [-0.39, 0.29) is 11.9 Å². The Balaban J connectivity index is 2.04. The molecule has 1 fully saturated rings. The average Bonchev–Trinajstić information content (AvgIpc) is 2.43. The first-order valence-electron chi connectivity index (χ1n) is 7.00. The molecule has 0 unspecified atom stereocenters. The Hall–Kier alpha value is -1.42. The number of piperidine rings is 1. The number of carbonyl (C=O) groups excluding carboxylic acids is 1. The van der Waals surface area contributed by atoms with Gasteiger partial charge in [0.15, 0.2) is 0 Å². The summed E-state index contributed by atoms with van der Waals surface area (Å²) in [7, 11) is 0. The molecule has 0 spiro atoms. The molecule has 1 aliphatic rings. The molecule has 1 aliphatic heterocycles. The van der Waals surface area contributed by atoms with Gasteiger partial charge in [0.1, 0.15) is 0 Å². The quantitative estimate of drug-likeness (QED) is 0.688. The van der Waals surface area contributed by atoms with Crippen molar-refractivity contribution in [3.63, 3.8) is 0 Å². The zero-order valence-electron chi connectivity index (χ0n) is 12.0. The summed E-state index contributed by atoms with van der Waals surface area (Å²) in [4.78, 5) is 13.9. The number of rotatable bonds is 3. The molecule has 1 aromatic rings. The highest BCUT2D eigenvalue weighted by molar-refractivity contribution is 6.31. The zero-order valence-corrected chi connectivity index (χ0v) is 12.7. The molecule has 0 amide bonds. The fraction of sp³-hybridized carbons (Fsp3) is 0.533. The summed E-state index contributed by atoms with van der Waals surface area (Å²) in [6.45, 7) is 5.82. The molecule has 1 aromatic carbocycles. The van der Waals surface area contributed by atoms with Crippen LogP contribution in [0.3, 0.4) is 0 Å². The lowest BCUT2D eigenvalue weighted by Crippen LogP contribution is -2.37. The minimum Gasteiger partial charge on any atom is -0.466 e. The fourth-order valence-electron chi connectivity index (χ4n) is 2.58. The van der Waals surface area contributed by atoms with Crippen molar-refractivity contribution in [1.29, 1.82) is 0 Å². The van der Waals surface area contributed by atoms with Crippen LogP contribution in [0.5, 0.6) is 0 Å². The van der Waals surface area contributed by atoms with Gasteiger partial charge in [-0.2, -0.15) is 0 Å². The molecule has 0 radical (unpaired) electrons. The van der Waals surface area contributed by atoms with Crippen LogP contribution in [0.1, 0.15) is 25.3 Å². The van der Waals surface area contributed by atoms with Gasteiger partial charge in [-0.1, -0.05) is 11.6 Å². The molecule has 0 atom stereocenters. The number of ether oxygens (including phenoxy) is 1. The molecule has 5 heteroatoms. The van der Waals surface area contributed by atoms with E-state index in [1.54, 1.807) is 0 Å².